The number of hydrogen-bond donors (Lipinski definition) is 1. The van der Waals surface area contributed by atoms with Gasteiger partial charge in [0.05, 0.1) is 7.11 Å². The van der Waals surface area contributed by atoms with Crippen molar-refractivity contribution in [3.8, 4) is 5.75 Å². The highest BCUT2D eigenvalue weighted by Gasteiger charge is 2.23. The molecule has 1 unspecified atom stereocenters. The molecule has 4 heteroatoms. The van der Waals surface area contributed by atoms with E-state index in [1.807, 2.05) is 18.2 Å². The molecule has 0 saturated heterocycles. The summed E-state index contributed by atoms with van der Waals surface area (Å²) in [6.07, 6.45) is 0.952. The first-order chi connectivity index (χ1) is 8.93. The molecule has 0 aliphatic carbocycles. The minimum absolute atomic E-state index is 0.151. The van der Waals surface area contributed by atoms with Gasteiger partial charge in [0.15, 0.2) is 11.5 Å². The van der Waals surface area contributed by atoms with Gasteiger partial charge >= 0.3 is 0 Å². The lowest BCUT2D eigenvalue weighted by Gasteiger charge is -2.22. The van der Waals surface area contributed by atoms with Gasteiger partial charge in [-0.1, -0.05) is 20.8 Å². The summed E-state index contributed by atoms with van der Waals surface area (Å²) in [6, 6.07) is 5.65. The first-order valence-electron chi connectivity index (χ1n) is 6.57. The summed E-state index contributed by atoms with van der Waals surface area (Å²) in [6.45, 7) is 7.13. The van der Waals surface area contributed by atoms with Crippen LogP contribution in [0.15, 0.2) is 22.6 Å². The molecule has 0 fully saturated rings. The molecule has 4 nitrogen and oxygen atoms in total. The summed E-state index contributed by atoms with van der Waals surface area (Å²) >= 11 is 0. The zero-order chi connectivity index (χ0) is 14.0. The molecule has 19 heavy (non-hydrogen) atoms. The van der Waals surface area contributed by atoms with E-state index in [4.69, 9.17) is 14.9 Å². The second kappa shape index (κ2) is 5.21. The lowest BCUT2D eigenvalue weighted by atomic mass is 9.84. The number of benzene rings is 1. The Labute approximate surface area is 114 Å². The SMILES string of the molecule is COc1ccc2nc(C(CN)CC(C)(C)C)oc2c1. The molecule has 104 valence electrons. The molecule has 0 saturated carbocycles. The zero-order valence-electron chi connectivity index (χ0n) is 12.1. The molecule has 1 aromatic carbocycles. The first kappa shape index (κ1) is 13.9. The summed E-state index contributed by atoms with van der Waals surface area (Å²) in [7, 11) is 1.64. The molecule has 2 rings (SSSR count). The van der Waals surface area contributed by atoms with Crippen molar-refractivity contribution in [1.82, 2.24) is 4.98 Å². The van der Waals surface area contributed by atoms with Crippen LogP contribution in [0, 0.1) is 5.41 Å². The third kappa shape index (κ3) is 3.26. The first-order valence-corrected chi connectivity index (χ1v) is 6.57. The summed E-state index contributed by atoms with van der Waals surface area (Å²) in [4.78, 5) is 4.54. The molecule has 2 N–H and O–H groups in total. The fraction of sp³-hybridized carbons (Fsp3) is 0.533. The van der Waals surface area contributed by atoms with Crippen LogP contribution >= 0.6 is 0 Å². The number of aromatic nitrogens is 1. The summed E-state index contributed by atoms with van der Waals surface area (Å²) in [5, 5.41) is 0. The van der Waals surface area contributed by atoms with Gasteiger partial charge in [0.25, 0.3) is 0 Å². The third-order valence-electron chi connectivity index (χ3n) is 3.10. The molecule has 1 aromatic heterocycles. The topological polar surface area (TPSA) is 61.3 Å². The molecule has 1 atom stereocenters. The average molecular weight is 262 g/mol. The van der Waals surface area contributed by atoms with Crippen molar-refractivity contribution in [3.05, 3.63) is 24.1 Å². The average Bonchev–Trinajstić information content (AvgIpc) is 2.77. The number of nitrogens with two attached hydrogens (primary N) is 1. The predicted octanol–water partition coefficient (Wildman–Crippen LogP) is 3.31. The van der Waals surface area contributed by atoms with Gasteiger partial charge in [-0.25, -0.2) is 4.98 Å². The standard InChI is InChI=1S/C15H22N2O2/c1-15(2,3)8-10(9-16)14-17-12-6-5-11(18-4)7-13(12)19-14/h5-7,10H,8-9,16H2,1-4H3. The second-order valence-corrected chi connectivity index (χ2v) is 6.08. The van der Waals surface area contributed by atoms with Gasteiger partial charge in [0.2, 0.25) is 0 Å². The van der Waals surface area contributed by atoms with Gasteiger partial charge in [-0.15, -0.1) is 0 Å². The van der Waals surface area contributed by atoms with Crippen molar-refractivity contribution in [2.45, 2.75) is 33.1 Å². The van der Waals surface area contributed by atoms with E-state index in [1.54, 1.807) is 7.11 Å². The second-order valence-electron chi connectivity index (χ2n) is 6.08. The van der Waals surface area contributed by atoms with Crippen molar-refractivity contribution in [2.24, 2.45) is 11.1 Å². The Morgan fingerprint density at radius 3 is 2.68 bits per heavy atom. The van der Waals surface area contributed by atoms with Crippen LogP contribution in [-0.4, -0.2) is 18.6 Å². The highest BCUT2D eigenvalue weighted by atomic mass is 16.5. The van der Waals surface area contributed by atoms with Crippen LogP contribution in [-0.2, 0) is 0 Å². The van der Waals surface area contributed by atoms with Crippen LogP contribution in [0.2, 0.25) is 0 Å². The van der Waals surface area contributed by atoms with E-state index in [0.717, 1.165) is 29.2 Å². The Kier molecular flexibility index (Phi) is 3.80. The van der Waals surface area contributed by atoms with Gasteiger partial charge in [0, 0.05) is 18.5 Å². The number of oxazole rings is 1. The Hall–Kier alpha value is -1.55. The van der Waals surface area contributed by atoms with E-state index in [-0.39, 0.29) is 11.3 Å². The molecule has 0 aliphatic heterocycles. The minimum Gasteiger partial charge on any atom is -0.497 e. The predicted molar refractivity (Wildman–Crippen MR) is 76.4 cm³/mol. The Morgan fingerprint density at radius 2 is 2.11 bits per heavy atom. The van der Waals surface area contributed by atoms with Crippen LogP contribution in [0.1, 0.15) is 39.0 Å². The van der Waals surface area contributed by atoms with Gasteiger partial charge in [-0.05, 0) is 24.0 Å². The van der Waals surface area contributed by atoms with Crippen LogP contribution < -0.4 is 10.5 Å². The molecule has 0 radical (unpaired) electrons. The van der Waals surface area contributed by atoms with Crippen LogP contribution in [0.4, 0.5) is 0 Å². The smallest absolute Gasteiger partial charge is 0.199 e. The third-order valence-corrected chi connectivity index (χ3v) is 3.10. The van der Waals surface area contributed by atoms with Gasteiger partial charge < -0.3 is 14.9 Å². The van der Waals surface area contributed by atoms with Crippen molar-refractivity contribution in [2.75, 3.05) is 13.7 Å². The summed E-state index contributed by atoms with van der Waals surface area (Å²) in [5.74, 6) is 1.65. The summed E-state index contributed by atoms with van der Waals surface area (Å²) < 4.78 is 11.0. The largest absolute Gasteiger partial charge is 0.497 e. The van der Waals surface area contributed by atoms with Crippen LogP contribution in [0.3, 0.4) is 0 Å². The van der Waals surface area contributed by atoms with Gasteiger partial charge in [-0.2, -0.15) is 0 Å². The Balaban J connectivity index is 2.33. The Bertz CT molecular complexity index is 555. The molecule has 0 spiro atoms. The molecular formula is C15H22N2O2. The van der Waals surface area contributed by atoms with Crippen molar-refractivity contribution in [1.29, 1.82) is 0 Å². The normalized spacial score (nSPS) is 13.7. The van der Waals surface area contributed by atoms with Crippen molar-refractivity contribution in [3.63, 3.8) is 0 Å². The maximum absolute atomic E-state index is 5.87. The van der Waals surface area contributed by atoms with Crippen molar-refractivity contribution < 1.29 is 9.15 Å². The van der Waals surface area contributed by atoms with E-state index in [9.17, 15) is 0 Å². The van der Waals surface area contributed by atoms with Crippen LogP contribution in [0.25, 0.3) is 11.1 Å². The van der Waals surface area contributed by atoms with E-state index >= 15 is 0 Å². The maximum Gasteiger partial charge on any atom is 0.199 e. The van der Waals surface area contributed by atoms with E-state index < -0.39 is 0 Å². The van der Waals surface area contributed by atoms with Crippen molar-refractivity contribution >= 4 is 11.1 Å². The fourth-order valence-corrected chi connectivity index (χ4v) is 2.24. The zero-order valence-corrected chi connectivity index (χ0v) is 12.1. The number of ether oxygens (including phenoxy) is 1. The highest BCUT2D eigenvalue weighted by Crippen LogP contribution is 2.32. The molecule has 0 amide bonds. The number of methoxy groups -OCH3 is 1. The number of rotatable bonds is 4. The lowest BCUT2D eigenvalue weighted by molar-refractivity contribution is 0.314. The number of hydrogen-bond acceptors (Lipinski definition) is 4. The monoisotopic (exact) mass is 262 g/mol. The van der Waals surface area contributed by atoms with E-state index in [0.29, 0.717) is 6.54 Å². The Morgan fingerprint density at radius 1 is 1.37 bits per heavy atom. The molecule has 0 aliphatic rings. The highest BCUT2D eigenvalue weighted by molar-refractivity contribution is 5.74. The number of nitrogens with zero attached hydrogens (tertiary/aromatic N) is 1. The fourth-order valence-electron chi connectivity index (χ4n) is 2.24. The molecule has 1 heterocycles. The minimum atomic E-state index is 0.151. The lowest BCUT2D eigenvalue weighted by Crippen LogP contribution is -2.19. The molecule has 0 bridgehead atoms. The van der Waals surface area contributed by atoms with E-state index in [1.165, 1.54) is 0 Å². The molecule has 2 aromatic rings. The maximum atomic E-state index is 5.87. The van der Waals surface area contributed by atoms with E-state index in [2.05, 4.69) is 25.8 Å². The summed E-state index contributed by atoms with van der Waals surface area (Å²) in [5.41, 5.74) is 7.66. The van der Waals surface area contributed by atoms with Gasteiger partial charge in [-0.3, -0.25) is 0 Å². The number of fused-ring (bicyclic) bond motifs is 1. The quantitative estimate of drug-likeness (QED) is 0.918. The van der Waals surface area contributed by atoms with Gasteiger partial charge in [0.1, 0.15) is 11.3 Å². The molecular weight excluding hydrogens is 240 g/mol. The van der Waals surface area contributed by atoms with Crippen LogP contribution in [0.5, 0.6) is 5.75 Å².